The number of carbonyl (C=O) groups is 1. The van der Waals surface area contributed by atoms with Crippen LogP contribution < -0.4 is 0 Å². The van der Waals surface area contributed by atoms with E-state index in [2.05, 4.69) is 0 Å². The van der Waals surface area contributed by atoms with Crippen LogP contribution in [0.3, 0.4) is 0 Å². The Balaban J connectivity index is 1.98. The van der Waals surface area contributed by atoms with Crippen molar-refractivity contribution in [3.8, 4) is 0 Å². The second kappa shape index (κ2) is 5.33. The van der Waals surface area contributed by atoms with Gasteiger partial charge in [0, 0.05) is 18.0 Å². The Morgan fingerprint density at radius 3 is 2.64 bits per heavy atom. The molecule has 2 fully saturated rings. The summed E-state index contributed by atoms with van der Waals surface area (Å²) in [6.45, 7) is 3.68. The van der Waals surface area contributed by atoms with Crippen LogP contribution >= 0.6 is 0 Å². The standard InChI is InChI=1S/C17H23NO4/c1-10(11-7-5-4-6-8-11)18-13-9-12(14(18)16(20)22-3)15(19)17(13,2)21/h4-8,10,12-15,19,21H,9H2,1-3H3/t10-,12+,13+,14+,15+,17+/m0/s1. The van der Waals surface area contributed by atoms with Crippen LogP contribution in [-0.2, 0) is 9.53 Å². The first-order valence-electron chi connectivity index (χ1n) is 7.70. The lowest BCUT2D eigenvalue weighted by atomic mass is 9.85. The lowest BCUT2D eigenvalue weighted by Crippen LogP contribution is -2.62. The fraction of sp³-hybridized carbons (Fsp3) is 0.588. The van der Waals surface area contributed by atoms with Crippen LogP contribution in [0.1, 0.15) is 31.9 Å². The lowest BCUT2D eigenvalue weighted by molar-refractivity contribution is -0.170. The number of ether oxygens (including phenoxy) is 1. The molecule has 0 spiro atoms. The molecule has 0 unspecified atom stereocenters. The number of likely N-dealkylation sites (tertiary alicyclic amines) is 1. The van der Waals surface area contributed by atoms with Crippen LogP contribution in [-0.4, -0.2) is 52.0 Å². The Labute approximate surface area is 130 Å². The highest BCUT2D eigenvalue weighted by Crippen LogP contribution is 2.51. The largest absolute Gasteiger partial charge is 0.468 e. The molecule has 1 aliphatic heterocycles. The molecule has 5 heteroatoms. The van der Waals surface area contributed by atoms with Crippen LogP contribution in [0.25, 0.3) is 0 Å². The van der Waals surface area contributed by atoms with Crippen molar-refractivity contribution in [1.82, 2.24) is 4.90 Å². The summed E-state index contributed by atoms with van der Waals surface area (Å²) in [6.07, 6.45) is -0.300. The third-order valence-electron chi connectivity index (χ3n) is 5.43. The van der Waals surface area contributed by atoms with Crippen molar-refractivity contribution in [2.24, 2.45) is 5.92 Å². The number of aliphatic hydroxyl groups is 2. The van der Waals surface area contributed by atoms with Crippen LogP contribution in [0.15, 0.2) is 30.3 Å². The number of methoxy groups -OCH3 is 1. The van der Waals surface area contributed by atoms with Crippen molar-refractivity contribution in [2.75, 3.05) is 7.11 Å². The third-order valence-corrected chi connectivity index (χ3v) is 5.43. The fourth-order valence-electron chi connectivity index (χ4n) is 4.23. The van der Waals surface area contributed by atoms with E-state index >= 15 is 0 Å². The van der Waals surface area contributed by atoms with Crippen molar-refractivity contribution in [3.63, 3.8) is 0 Å². The molecule has 0 radical (unpaired) electrons. The number of hydrogen-bond acceptors (Lipinski definition) is 5. The van der Waals surface area contributed by atoms with Gasteiger partial charge in [0.25, 0.3) is 0 Å². The van der Waals surface area contributed by atoms with Gasteiger partial charge in [0.1, 0.15) is 11.6 Å². The summed E-state index contributed by atoms with van der Waals surface area (Å²) in [6, 6.07) is 9.07. The molecule has 6 atom stereocenters. The molecule has 1 saturated heterocycles. The van der Waals surface area contributed by atoms with Gasteiger partial charge in [0.2, 0.25) is 0 Å². The minimum absolute atomic E-state index is 0.0423. The number of piperidine rings is 1. The van der Waals surface area contributed by atoms with Gasteiger partial charge in [-0.05, 0) is 25.8 Å². The van der Waals surface area contributed by atoms with Gasteiger partial charge >= 0.3 is 5.97 Å². The highest BCUT2D eigenvalue weighted by atomic mass is 16.5. The normalized spacial score (nSPS) is 39.0. The minimum Gasteiger partial charge on any atom is -0.468 e. The van der Waals surface area contributed by atoms with Crippen LogP contribution in [0.4, 0.5) is 0 Å². The van der Waals surface area contributed by atoms with Crippen LogP contribution in [0.5, 0.6) is 0 Å². The molecule has 1 aromatic carbocycles. The molecule has 1 aliphatic carbocycles. The van der Waals surface area contributed by atoms with E-state index in [0.717, 1.165) is 5.56 Å². The quantitative estimate of drug-likeness (QED) is 0.819. The highest BCUT2D eigenvalue weighted by Gasteiger charge is 2.65. The first-order chi connectivity index (χ1) is 10.4. The van der Waals surface area contributed by atoms with Gasteiger partial charge in [0.15, 0.2) is 0 Å². The van der Waals surface area contributed by atoms with E-state index in [1.54, 1.807) is 6.92 Å². The summed E-state index contributed by atoms with van der Waals surface area (Å²) >= 11 is 0. The van der Waals surface area contributed by atoms with Crippen molar-refractivity contribution in [2.45, 2.75) is 50.1 Å². The average molecular weight is 305 g/mol. The molecule has 2 N–H and O–H groups in total. The third kappa shape index (κ3) is 2.07. The van der Waals surface area contributed by atoms with Crippen molar-refractivity contribution >= 4 is 5.97 Å². The predicted molar refractivity (Wildman–Crippen MR) is 81.0 cm³/mol. The Bertz CT molecular complexity index is 559. The molecule has 5 nitrogen and oxygen atoms in total. The van der Waals surface area contributed by atoms with E-state index in [9.17, 15) is 15.0 Å². The average Bonchev–Trinajstić information content (AvgIpc) is 3.02. The monoisotopic (exact) mass is 305 g/mol. The fourth-order valence-corrected chi connectivity index (χ4v) is 4.23. The molecular weight excluding hydrogens is 282 g/mol. The zero-order valence-corrected chi connectivity index (χ0v) is 13.1. The number of esters is 1. The second-order valence-electron chi connectivity index (χ2n) is 6.59. The van der Waals surface area contributed by atoms with Crippen LogP contribution in [0.2, 0.25) is 0 Å². The molecule has 2 bridgehead atoms. The minimum atomic E-state index is -1.21. The maximum Gasteiger partial charge on any atom is 0.323 e. The Morgan fingerprint density at radius 2 is 2.05 bits per heavy atom. The van der Waals surface area contributed by atoms with Crippen molar-refractivity contribution in [1.29, 1.82) is 0 Å². The van der Waals surface area contributed by atoms with E-state index in [4.69, 9.17) is 4.74 Å². The van der Waals surface area contributed by atoms with E-state index < -0.39 is 17.7 Å². The summed E-state index contributed by atoms with van der Waals surface area (Å²) in [4.78, 5) is 14.3. The number of rotatable bonds is 3. The molecule has 22 heavy (non-hydrogen) atoms. The highest BCUT2D eigenvalue weighted by molar-refractivity contribution is 5.77. The zero-order valence-electron chi connectivity index (χ0n) is 13.1. The number of hydrogen-bond donors (Lipinski definition) is 2. The van der Waals surface area contributed by atoms with Crippen molar-refractivity contribution in [3.05, 3.63) is 35.9 Å². The maximum atomic E-state index is 12.3. The van der Waals surface area contributed by atoms with E-state index in [1.807, 2.05) is 42.2 Å². The molecular formula is C17H23NO4. The van der Waals surface area contributed by atoms with E-state index in [1.165, 1.54) is 7.11 Å². The molecule has 120 valence electrons. The van der Waals surface area contributed by atoms with Gasteiger partial charge in [-0.15, -0.1) is 0 Å². The number of carbonyl (C=O) groups excluding carboxylic acids is 1. The summed E-state index contributed by atoms with van der Waals surface area (Å²) < 4.78 is 4.95. The Kier molecular flexibility index (Phi) is 3.75. The first-order valence-corrected chi connectivity index (χ1v) is 7.70. The summed E-state index contributed by atoms with van der Waals surface area (Å²) in [5.41, 5.74) is -0.132. The lowest BCUT2D eigenvalue weighted by Gasteiger charge is -2.46. The molecule has 1 saturated carbocycles. The molecule has 0 amide bonds. The van der Waals surface area contributed by atoms with Crippen LogP contribution in [0, 0.1) is 5.92 Å². The number of aliphatic hydroxyl groups excluding tert-OH is 1. The Hall–Kier alpha value is -1.43. The SMILES string of the molecule is COC(=O)[C@H]1[C@H]2C[C@@H](N1[C@@H](C)c1ccccc1)[C@@](C)(O)[C@@H]2O. The van der Waals surface area contributed by atoms with Gasteiger partial charge in [-0.1, -0.05) is 30.3 Å². The number of fused-ring (bicyclic) bond motifs is 2. The molecule has 1 heterocycles. The number of benzene rings is 1. The molecule has 3 rings (SSSR count). The van der Waals surface area contributed by atoms with Gasteiger partial charge in [0.05, 0.1) is 13.2 Å². The molecule has 2 aliphatic rings. The van der Waals surface area contributed by atoms with Gasteiger partial charge in [-0.2, -0.15) is 0 Å². The Morgan fingerprint density at radius 1 is 1.41 bits per heavy atom. The zero-order chi connectivity index (χ0) is 16.1. The topological polar surface area (TPSA) is 70.0 Å². The van der Waals surface area contributed by atoms with E-state index in [0.29, 0.717) is 6.42 Å². The number of nitrogens with zero attached hydrogens (tertiary/aromatic N) is 1. The van der Waals surface area contributed by atoms with Gasteiger partial charge in [-0.3, -0.25) is 9.69 Å². The predicted octanol–water partition coefficient (Wildman–Crippen LogP) is 1.11. The second-order valence-corrected chi connectivity index (χ2v) is 6.59. The molecule has 0 aromatic heterocycles. The van der Waals surface area contributed by atoms with Gasteiger partial charge < -0.3 is 14.9 Å². The van der Waals surface area contributed by atoms with E-state index in [-0.39, 0.29) is 24.0 Å². The van der Waals surface area contributed by atoms with Gasteiger partial charge in [-0.25, -0.2) is 0 Å². The maximum absolute atomic E-state index is 12.3. The summed E-state index contributed by atoms with van der Waals surface area (Å²) in [5, 5.41) is 21.0. The summed E-state index contributed by atoms with van der Waals surface area (Å²) in [7, 11) is 1.37. The van der Waals surface area contributed by atoms with Crippen molar-refractivity contribution < 1.29 is 19.7 Å². The first kappa shape index (κ1) is 15.5. The summed E-state index contributed by atoms with van der Waals surface area (Å²) in [5.74, 6) is -0.636. The smallest absolute Gasteiger partial charge is 0.323 e. The molecule has 1 aromatic rings.